The van der Waals surface area contributed by atoms with E-state index in [-0.39, 0.29) is 16.9 Å². The van der Waals surface area contributed by atoms with Crippen molar-refractivity contribution in [3.63, 3.8) is 0 Å². The molecule has 1 amide bonds. The van der Waals surface area contributed by atoms with E-state index in [0.717, 1.165) is 23.1 Å². The molecule has 1 aliphatic rings. The summed E-state index contributed by atoms with van der Waals surface area (Å²) in [4.78, 5) is 17.7. The summed E-state index contributed by atoms with van der Waals surface area (Å²) in [5.41, 5.74) is 0.650. The van der Waals surface area contributed by atoms with E-state index >= 15 is 0 Å². The average molecular weight is 518 g/mol. The van der Waals surface area contributed by atoms with Crippen LogP contribution in [0.1, 0.15) is 51.9 Å². The molecule has 10 heteroatoms. The standard InChI is InChI=1S/C28H22F3N5O2/c29-28(30,31)25-15-24(36(35-25)22-8-3-5-19(13-22)16-32)27(37)34-21-7-4-6-20(14-21)26(38-17-18-10-11-18)23-9-1-2-12-33-23/h1-9,12-15,18,26H,10-11,17H2,(H,34,37). The van der Waals surface area contributed by atoms with Crippen molar-refractivity contribution in [3.8, 4) is 11.8 Å². The van der Waals surface area contributed by atoms with Crippen LogP contribution < -0.4 is 5.32 Å². The smallest absolute Gasteiger partial charge is 0.367 e. The van der Waals surface area contributed by atoms with Crippen LogP contribution in [0.2, 0.25) is 0 Å². The molecule has 192 valence electrons. The SMILES string of the molecule is N#Cc1cccc(-n2nc(C(F)(F)F)cc2C(=O)Nc2cccc(C(OCC3CC3)c3ccccn3)c2)c1. The molecule has 1 aliphatic carbocycles. The largest absolute Gasteiger partial charge is 0.435 e. The highest BCUT2D eigenvalue weighted by molar-refractivity contribution is 6.03. The van der Waals surface area contributed by atoms with Gasteiger partial charge in [-0.2, -0.15) is 23.5 Å². The van der Waals surface area contributed by atoms with E-state index in [1.807, 2.05) is 30.3 Å². The topological polar surface area (TPSA) is 92.8 Å². The fourth-order valence-electron chi connectivity index (χ4n) is 3.96. The summed E-state index contributed by atoms with van der Waals surface area (Å²) in [5, 5.41) is 15.5. The number of rotatable bonds is 8. The summed E-state index contributed by atoms with van der Waals surface area (Å²) >= 11 is 0. The van der Waals surface area contributed by atoms with Crippen molar-refractivity contribution in [2.75, 3.05) is 11.9 Å². The number of anilines is 1. The summed E-state index contributed by atoms with van der Waals surface area (Å²) < 4.78 is 47.5. The number of hydrogen-bond acceptors (Lipinski definition) is 5. The van der Waals surface area contributed by atoms with Crippen molar-refractivity contribution in [1.29, 1.82) is 5.26 Å². The molecular weight excluding hydrogens is 495 g/mol. The summed E-state index contributed by atoms with van der Waals surface area (Å²) in [7, 11) is 0. The van der Waals surface area contributed by atoms with Crippen LogP contribution in [-0.2, 0) is 10.9 Å². The van der Waals surface area contributed by atoms with Gasteiger partial charge in [-0.15, -0.1) is 0 Å². The van der Waals surface area contributed by atoms with E-state index in [1.54, 1.807) is 24.4 Å². The molecule has 1 saturated carbocycles. The predicted octanol–water partition coefficient (Wildman–Crippen LogP) is 5.93. The molecule has 5 rings (SSSR count). The Morgan fingerprint density at radius 3 is 2.63 bits per heavy atom. The van der Waals surface area contributed by atoms with Gasteiger partial charge in [0.1, 0.15) is 11.8 Å². The summed E-state index contributed by atoms with van der Waals surface area (Å²) in [5.74, 6) is -0.271. The number of halogens is 3. The lowest BCUT2D eigenvalue weighted by molar-refractivity contribution is -0.141. The van der Waals surface area contributed by atoms with Gasteiger partial charge in [0.25, 0.3) is 5.91 Å². The number of ether oxygens (including phenoxy) is 1. The minimum absolute atomic E-state index is 0.155. The second-order valence-corrected chi connectivity index (χ2v) is 8.98. The molecule has 7 nitrogen and oxygen atoms in total. The van der Waals surface area contributed by atoms with Gasteiger partial charge in [0.15, 0.2) is 5.69 Å². The molecule has 4 aromatic rings. The van der Waals surface area contributed by atoms with Gasteiger partial charge >= 0.3 is 6.18 Å². The molecule has 0 aliphatic heterocycles. The number of benzene rings is 2. The van der Waals surface area contributed by atoms with E-state index in [4.69, 9.17) is 4.74 Å². The van der Waals surface area contributed by atoms with E-state index in [0.29, 0.717) is 30.0 Å². The first-order chi connectivity index (χ1) is 18.3. The molecule has 0 spiro atoms. The molecule has 1 N–H and O–H groups in total. The maximum Gasteiger partial charge on any atom is 0.435 e. The van der Waals surface area contributed by atoms with Gasteiger partial charge in [0.05, 0.1) is 29.6 Å². The summed E-state index contributed by atoms with van der Waals surface area (Å²) in [6, 6.07) is 20.9. The van der Waals surface area contributed by atoms with Gasteiger partial charge < -0.3 is 10.1 Å². The maximum absolute atomic E-state index is 13.5. The number of amides is 1. The Balaban J connectivity index is 1.45. The summed E-state index contributed by atoms with van der Waals surface area (Å²) in [6.07, 6.45) is -1.31. The van der Waals surface area contributed by atoms with E-state index in [1.165, 1.54) is 24.3 Å². The molecule has 2 aromatic carbocycles. The van der Waals surface area contributed by atoms with Crippen LogP contribution in [-0.4, -0.2) is 27.3 Å². The number of hydrogen-bond donors (Lipinski definition) is 1. The van der Waals surface area contributed by atoms with Crippen LogP contribution in [0.5, 0.6) is 0 Å². The fourth-order valence-corrected chi connectivity index (χ4v) is 3.96. The van der Waals surface area contributed by atoms with Gasteiger partial charge in [-0.1, -0.05) is 24.3 Å². The van der Waals surface area contributed by atoms with Crippen LogP contribution in [0.3, 0.4) is 0 Å². The van der Waals surface area contributed by atoms with Gasteiger partial charge in [0.2, 0.25) is 0 Å². The molecule has 1 unspecified atom stereocenters. The predicted molar refractivity (Wildman–Crippen MR) is 132 cm³/mol. The van der Waals surface area contributed by atoms with E-state index in [9.17, 15) is 23.2 Å². The number of nitriles is 1. The van der Waals surface area contributed by atoms with Crippen LogP contribution >= 0.6 is 0 Å². The normalized spacial score (nSPS) is 14.1. The van der Waals surface area contributed by atoms with Gasteiger partial charge in [0, 0.05) is 18.0 Å². The van der Waals surface area contributed by atoms with E-state index < -0.39 is 23.9 Å². The third kappa shape index (κ3) is 5.74. The van der Waals surface area contributed by atoms with Crippen molar-refractivity contribution in [2.24, 2.45) is 5.92 Å². The zero-order valence-electron chi connectivity index (χ0n) is 20.0. The Bertz CT molecular complexity index is 1490. The number of nitrogens with one attached hydrogen (secondary N) is 1. The molecule has 0 radical (unpaired) electrons. The quantitative estimate of drug-likeness (QED) is 0.313. The monoisotopic (exact) mass is 517 g/mol. The Morgan fingerprint density at radius 2 is 1.92 bits per heavy atom. The first kappa shape index (κ1) is 25.2. The second-order valence-electron chi connectivity index (χ2n) is 8.98. The zero-order valence-corrected chi connectivity index (χ0v) is 20.0. The minimum atomic E-state index is -4.76. The van der Waals surface area contributed by atoms with Crippen molar-refractivity contribution in [1.82, 2.24) is 14.8 Å². The van der Waals surface area contributed by atoms with Gasteiger partial charge in [-0.3, -0.25) is 9.78 Å². The molecule has 1 fully saturated rings. The van der Waals surface area contributed by atoms with Crippen LogP contribution in [0.15, 0.2) is 79.0 Å². The first-order valence-electron chi connectivity index (χ1n) is 11.9. The number of nitrogens with zero attached hydrogens (tertiary/aromatic N) is 4. The molecule has 38 heavy (non-hydrogen) atoms. The minimum Gasteiger partial charge on any atom is -0.367 e. The highest BCUT2D eigenvalue weighted by Gasteiger charge is 2.36. The Kier molecular flexibility index (Phi) is 6.94. The second kappa shape index (κ2) is 10.5. The van der Waals surface area contributed by atoms with E-state index in [2.05, 4.69) is 15.4 Å². The lowest BCUT2D eigenvalue weighted by Gasteiger charge is -2.19. The lowest BCUT2D eigenvalue weighted by atomic mass is 10.0. The third-order valence-corrected chi connectivity index (χ3v) is 6.05. The molecule has 2 heterocycles. The number of carbonyl (C=O) groups excluding carboxylic acids is 1. The molecular formula is C28H22F3N5O2. The maximum atomic E-state index is 13.5. The molecule has 0 bridgehead atoms. The van der Waals surface area contributed by atoms with Crippen LogP contribution in [0, 0.1) is 17.2 Å². The third-order valence-electron chi connectivity index (χ3n) is 6.05. The molecule has 0 saturated heterocycles. The lowest BCUT2D eigenvalue weighted by Crippen LogP contribution is -2.17. The Morgan fingerprint density at radius 1 is 1.11 bits per heavy atom. The van der Waals surface area contributed by atoms with Crippen LogP contribution in [0.4, 0.5) is 18.9 Å². The highest BCUT2D eigenvalue weighted by Crippen LogP contribution is 2.34. The first-order valence-corrected chi connectivity index (χ1v) is 11.9. The Labute approximate surface area is 216 Å². The summed E-state index contributed by atoms with van der Waals surface area (Å²) in [6.45, 7) is 0.582. The average Bonchev–Trinajstić information content (AvgIpc) is 3.63. The highest BCUT2D eigenvalue weighted by atomic mass is 19.4. The zero-order chi connectivity index (χ0) is 26.7. The van der Waals surface area contributed by atoms with Crippen molar-refractivity contribution in [2.45, 2.75) is 25.1 Å². The molecule has 2 aromatic heterocycles. The van der Waals surface area contributed by atoms with Crippen molar-refractivity contribution in [3.05, 3.63) is 107 Å². The number of carbonyl (C=O) groups is 1. The van der Waals surface area contributed by atoms with Gasteiger partial charge in [-0.25, -0.2) is 4.68 Å². The number of aromatic nitrogens is 3. The number of alkyl halides is 3. The van der Waals surface area contributed by atoms with Crippen molar-refractivity contribution < 1.29 is 22.7 Å². The van der Waals surface area contributed by atoms with Gasteiger partial charge in [-0.05, 0) is 66.8 Å². The van der Waals surface area contributed by atoms with Crippen molar-refractivity contribution >= 4 is 11.6 Å². The number of pyridine rings is 1. The molecule has 1 atom stereocenters. The fraction of sp³-hybridized carbons (Fsp3) is 0.214. The Hall–Kier alpha value is -4.49. The van der Waals surface area contributed by atoms with Crippen LogP contribution in [0.25, 0.3) is 5.69 Å².